The van der Waals surface area contributed by atoms with Gasteiger partial charge in [-0.1, -0.05) is 18.2 Å². The summed E-state index contributed by atoms with van der Waals surface area (Å²) in [4.78, 5) is 24.1. The molecule has 0 aliphatic rings. The van der Waals surface area contributed by atoms with Crippen molar-refractivity contribution in [2.24, 2.45) is 0 Å². The van der Waals surface area contributed by atoms with Crippen LogP contribution in [0.15, 0.2) is 59.5 Å². The molecule has 2 N–H and O–H groups in total. The molecule has 0 radical (unpaired) electrons. The van der Waals surface area contributed by atoms with E-state index >= 15 is 0 Å². The first kappa shape index (κ1) is 21.1. The molecule has 0 aliphatic heterocycles. The normalized spacial score (nSPS) is 12.4. The maximum absolute atomic E-state index is 12.6. The topological polar surface area (TPSA) is 92.3 Å². The number of benzene rings is 2. The van der Waals surface area contributed by atoms with Gasteiger partial charge >= 0.3 is 0 Å². The molecule has 1 amide bonds. The number of nitrogens with one attached hydrogen (secondary N) is 2. The molecule has 0 spiro atoms. The predicted molar refractivity (Wildman–Crippen MR) is 109 cm³/mol. The van der Waals surface area contributed by atoms with Crippen LogP contribution in [0.4, 0.5) is 5.69 Å². The quantitative estimate of drug-likeness (QED) is 0.625. The zero-order valence-corrected chi connectivity index (χ0v) is 16.8. The number of anilines is 1. The van der Waals surface area contributed by atoms with Crippen molar-refractivity contribution in [2.45, 2.75) is 24.3 Å². The predicted octanol–water partition coefficient (Wildman–Crippen LogP) is 2.93. The van der Waals surface area contributed by atoms with E-state index in [0.717, 1.165) is 0 Å². The highest BCUT2D eigenvalue weighted by Gasteiger charge is 2.25. The van der Waals surface area contributed by atoms with Gasteiger partial charge in [0.2, 0.25) is 15.9 Å². The average molecular weight is 407 g/mol. The Labute approximate surface area is 163 Å². The van der Waals surface area contributed by atoms with Gasteiger partial charge in [0.25, 0.3) is 0 Å². The molecule has 2 aromatic rings. The van der Waals surface area contributed by atoms with Crippen molar-refractivity contribution in [3.05, 3.63) is 60.2 Å². The molecule has 8 heteroatoms. The van der Waals surface area contributed by atoms with Crippen LogP contribution in [0.2, 0.25) is 0 Å². The molecule has 6 nitrogen and oxygen atoms in total. The van der Waals surface area contributed by atoms with Gasteiger partial charge in [-0.3, -0.25) is 9.59 Å². The van der Waals surface area contributed by atoms with Gasteiger partial charge in [0, 0.05) is 11.3 Å². The van der Waals surface area contributed by atoms with Crippen LogP contribution in [0.1, 0.15) is 23.7 Å². The van der Waals surface area contributed by atoms with E-state index in [1.165, 1.54) is 30.8 Å². The van der Waals surface area contributed by atoms with Crippen molar-refractivity contribution in [3.63, 3.8) is 0 Å². The number of hydrogen-bond acceptors (Lipinski definition) is 5. The molecule has 144 valence electrons. The first-order valence-electron chi connectivity index (χ1n) is 8.31. The zero-order chi connectivity index (χ0) is 19.9. The number of rotatable bonds is 9. The molecule has 0 fully saturated rings. The van der Waals surface area contributed by atoms with E-state index in [2.05, 4.69) is 10.0 Å². The Kier molecular flexibility index (Phi) is 7.58. The minimum absolute atomic E-state index is 0.0682. The maximum atomic E-state index is 12.6. The second-order valence-corrected chi connectivity index (χ2v) is 8.59. The summed E-state index contributed by atoms with van der Waals surface area (Å²) in [5, 5.41) is 2.70. The van der Waals surface area contributed by atoms with E-state index in [-0.39, 0.29) is 10.7 Å². The van der Waals surface area contributed by atoms with Gasteiger partial charge < -0.3 is 5.32 Å². The van der Waals surface area contributed by atoms with E-state index in [9.17, 15) is 18.0 Å². The van der Waals surface area contributed by atoms with Crippen molar-refractivity contribution < 1.29 is 18.0 Å². The van der Waals surface area contributed by atoms with E-state index in [0.29, 0.717) is 23.4 Å². The third-order valence-electron chi connectivity index (χ3n) is 3.84. The molecule has 1 atom stereocenters. The lowest BCUT2D eigenvalue weighted by atomic mass is 10.1. The lowest BCUT2D eigenvalue weighted by Gasteiger charge is -2.18. The lowest BCUT2D eigenvalue weighted by Crippen LogP contribution is -2.44. The van der Waals surface area contributed by atoms with Crippen molar-refractivity contribution in [2.75, 3.05) is 17.3 Å². The lowest BCUT2D eigenvalue weighted by molar-refractivity contribution is -0.117. The van der Waals surface area contributed by atoms with E-state index in [1.807, 2.05) is 6.26 Å². The monoisotopic (exact) mass is 406 g/mol. The highest BCUT2D eigenvalue weighted by molar-refractivity contribution is 7.98. The molecule has 27 heavy (non-hydrogen) atoms. The molecule has 0 aliphatic carbocycles. The number of amides is 1. The number of hydrogen-bond donors (Lipinski definition) is 2. The summed E-state index contributed by atoms with van der Waals surface area (Å²) in [6, 6.07) is 13.5. The summed E-state index contributed by atoms with van der Waals surface area (Å²) in [7, 11) is -3.81. The van der Waals surface area contributed by atoms with Crippen LogP contribution < -0.4 is 10.0 Å². The van der Waals surface area contributed by atoms with Gasteiger partial charge in [-0.25, -0.2) is 8.42 Å². The Hall–Kier alpha value is -2.16. The summed E-state index contributed by atoms with van der Waals surface area (Å²) in [5.74, 6) is 0.110. The fraction of sp³-hybridized carbons (Fsp3) is 0.263. The highest BCUT2D eigenvalue weighted by Crippen LogP contribution is 2.14. The second kappa shape index (κ2) is 9.68. The van der Waals surface area contributed by atoms with E-state index in [4.69, 9.17) is 0 Å². The standard InChI is InChI=1S/C19H22N2O4S2/c1-14(22)15-8-10-16(11-9-15)20-19(23)18(12-13-26-2)21-27(24,25)17-6-4-3-5-7-17/h3-11,18,21H,12-13H2,1-2H3,(H,20,23)/t18-/m0/s1. The molecule has 2 aromatic carbocycles. The third-order valence-corrected chi connectivity index (χ3v) is 5.97. The Balaban J connectivity index is 2.14. The van der Waals surface area contributed by atoms with Gasteiger partial charge in [0.1, 0.15) is 6.04 Å². The Morgan fingerprint density at radius 3 is 2.22 bits per heavy atom. The number of carbonyl (C=O) groups excluding carboxylic acids is 2. The van der Waals surface area contributed by atoms with Crippen LogP contribution in [-0.4, -0.2) is 38.2 Å². The SMILES string of the molecule is CSCC[C@H](NS(=O)(=O)c1ccccc1)C(=O)Nc1ccc(C(C)=O)cc1. The zero-order valence-electron chi connectivity index (χ0n) is 15.1. The van der Waals surface area contributed by atoms with Crippen molar-refractivity contribution in [1.29, 1.82) is 0 Å². The Morgan fingerprint density at radius 2 is 1.67 bits per heavy atom. The molecule has 0 bridgehead atoms. The van der Waals surface area contributed by atoms with Crippen LogP contribution >= 0.6 is 11.8 Å². The average Bonchev–Trinajstić information content (AvgIpc) is 2.66. The number of carbonyl (C=O) groups is 2. The van der Waals surface area contributed by atoms with Crippen molar-refractivity contribution in [3.8, 4) is 0 Å². The van der Waals surface area contributed by atoms with Crippen LogP contribution in [0.5, 0.6) is 0 Å². The number of sulfonamides is 1. The molecule has 0 saturated heterocycles. The van der Waals surface area contributed by atoms with Gasteiger partial charge in [-0.2, -0.15) is 16.5 Å². The molecule has 0 aromatic heterocycles. The number of Topliss-reactive ketones (excluding diaryl/α,β-unsaturated/α-hetero) is 1. The number of ketones is 1. The second-order valence-electron chi connectivity index (χ2n) is 5.89. The number of thioether (sulfide) groups is 1. The third kappa shape index (κ3) is 6.20. The fourth-order valence-corrected chi connectivity index (χ4v) is 4.07. The molecule has 0 heterocycles. The van der Waals surface area contributed by atoms with Crippen LogP contribution in [0.3, 0.4) is 0 Å². The molecular formula is C19H22N2O4S2. The summed E-state index contributed by atoms with van der Waals surface area (Å²) < 4.78 is 27.6. The fourth-order valence-electron chi connectivity index (χ4n) is 2.35. The largest absolute Gasteiger partial charge is 0.325 e. The van der Waals surface area contributed by atoms with Crippen LogP contribution in [0.25, 0.3) is 0 Å². The van der Waals surface area contributed by atoms with E-state index in [1.54, 1.807) is 42.5 Å². The molecule has 0 unspecified atom stereocenters. The molecule has 2 rings (SSSR count). The summed E-state index contributed by atoms with van der Waals surface area (Å²) in [5.41, 5.74) is 1.04. The van der Waals surface area contributed by atoms with Crippen molar-refractivity contribution >= 4 is 39.2 Å². The van der Waals surface area contributed by atoms with E-state index < -0.39 is 22.0 Å². The van der Waals surface area contributed by atoms with Gasteiger partial charge in [-0.05, 0) is 61.8 Å². The Bertz CT molecular complexity index is 882. The minimum atomic E-state index is -3.81. The summed E-state index contributed by atoms with van der Waals surface area (Å²) in [6.45, 7) is 1.46. The molecule has 0 saturated carbocycles. The van der Waals surface area contributed by atoms with Gasteiger partial charge in [0.15, 0.2) is 5.78 Å². The highest BCUT2D eigenvalue weighted by atomic mass is 32.2. The maximum Gasteiger partial charge on any atom is 0.242 e. The first-order chi connectivity index (χ1) is 12.8. The van der Waals surface area contributed by atoms with Gasteiger partial charge in [-0.15, -0.1) is 0 Å². The Morgan fingerprint density at radius 1 is 1.04 bits per heavy atom. The smallest absolute Gasteiger partial charge is 0.242 e. The summed E-state index contributed by atoms with van der Waals surface area (Å²) >= 11 is 1.53. The van der Waals surface area contributed by atoms with Crippen LogP contribution in [0, 0.1) is 0 Å². The summed E-state index contributed by atoms with van der Waals surface area (Å²) in [6.07, 6.45) is 2.24. The van der Waals surface area contributed by atoms with Crippen molar-refractivity contribution in [1.82, 2.24) is 4.72 Å². The first-order valence-corrected chi connectivity index (χ1v) is 11.2. The van der Waals surface area contributed by atoms with Crippen LogP contribution in [-0.2, 0) is 14.8 Å². The molecular weight excluding hydrogens is 384 g/mol. The van der Waals surface area contributed by atoms with Gasteiger partial charge in [0.05, 0.1) is 4.90 Å². The minimum Gasteiger partial charge on any atom is -0.325 e.